The highest BCUT2D eigenvalue weighted by molar-refractivity contribution is 5.95. The van der Waals surface area contributed by atoms with Gasteiger partial charge in [-0.3, -0.25) is 28.8 Å². The van der Waals surface area contributed by atoms with Gasteiger partial charge in [0.1, 0.15) is 24.7 Å². The first-order valence-corrected chi connectivity index (χ1v) is 10.5. The van der Waals surface area contributed by atoms with E-state index >= 15 is 0 Å². The van der Waals surface area contributed by atoms with Crippen molar-refractivity contribution in [3.8, 4) is 0 Å². The highest BCUT2D eigenvalue weighted by Gasteiger charge is 2.29. The van der Waals surface area contributed by atoms with Crippen molar-refractivity contribution in [3.05, 3.63) is 0 Å². The summed E-state index contributed by atoms with van der Waals surface area (Å²) in [6.45, 7) is 2.52. The topological polar surface area (TPSA) is 249 Å². The largest absolute Gasteiger partial charge is 0.480 e. The molecule has 0 spiro atoms. The summed E-state index contributed by atoms with van der Waals surface area (Å²) >= 11 is 0. The molecule has 0 saturated heterocycles. The van der Waals surface area contributed by atoms with Crippen LogP contribution in [0, 0.1) is 0 Å². The summed E-state index contributed by atoms with van der Waals surface area (Å²) in [4.78, 5) is 71.1. The van der Waals surface area contributed by atoms with Gasteiger partial charge in [-0.25, -0.2) is 0 Å². The summed E-state index contributed by atoms with van der Waals surface area (Å²) < 4.78 is 0. The fourth-order valence-corrected chi connectivity index (χ4v) is 2.59. The molecule has 5 amide bonds. The number of rotatable bonds is 16. The van der Waals surface area contributed by atoms with Gasteiger partial charge in [-0.2, -0.15) is 0 Å². The number of carboxylic acid groups (broad SMARTS) is 1. The van der Waals surface area contributed by atoms with E-state index in [-0.39, 0.29) is 19.3 Å². The number of nitrogens with one attached hydrogen (secondary N) is 4. The summed E-state index contributed by atoms with van der Waals surface area (Å²) in [7, 11) is 0. The number of carbonyl (C=O) groups is 6. The highest BCUT2D eigenvalue weighted by atomic mass is 16.4. The molecule has 0 aliphatic carbocycles. The monoisotopic (exact) mass is 473 g/mol. The van der Waals surface area contributed by atoms with Crippen LogP contribution in [0.5, 0.6) is 0 Å². The summed E-state index contributed by atoms with van der Waals surface area (Å²) in [5.41, 5.74) is 16.2. The third kappa shape index (κ3) is 13.0. The fourth-order valence-electron chi connectivity index (χ4n) is 2.59. The zero-order valence-electron chi connectivity index (χ0n) is 18.9. The molecule has 0 fully saturated rings. The Balaban J connectivity index is 5.34. The summed E-state index contributed by atoms with van der Waals surface area (Å²) in [6.07, 6.45) is 0.966. The second-order valence-corrected chi connectivity index (χ2v) is 7.54. The van der Waals surface area contributed by atoms with E-state index in [2.05, 4.69) is 21.3 Å². The maximum absolute atomic E-state index is 12.8. The van der Waals surface area contributed by atoms with Crippen molar-refractivity contribution < 1.29 is 33.9 Å². The van der Waals surface area contributed by atoms with Crippen LogP contribution in [0.1, 0.15) is 46.0 Å². The van der Waals surface area contributed by atoms with Gasteiger partial charge in [-0.1, -0.05) is 0 Å². The van der Waals surface area contributed by atoms with Gasteiger partial charge in [0.25, 0.3) is 0 Å². The van der Waals surface area contributed by atoms with E-state index in [1.165, 1.54) is 13.8 Å². The molecule has 0 aliphatic rings. The van der Waals surface area contributed by atoms with Crippen molar-refractivity contribution in [1.29, 1.82) is 0 Å². The van der Waals surface area contributed by atoms with Gasteiger partial charge >= 0.3 is 5.97 Å². The molecule has 14 heteroatoms. The Morgan fingerprint density at radius 3 is 1.88 bits per heavy atom. The van der Waals surface area contributed by atoms with Crippen LogP contribution in [0.15, 0.2) is 0 Å². The molecule has 0 radical (unpaired) electrons. The SMILES string of the molecule is CC(N)C(=O)NC(CCCCN)C(=O)NC(CCC(N)=O)C(=O)NC(C)C(=O)NCC(=O)O. The lowest BCUT2D eigenvalue weighted by Gasteiger charge is -2.24. The first-order valence-electron chi connectivity index (χ1n) is 10.5. The van der Waals surface area contributed by atoms with E-state index in [0.717, 1.165) is 0 Å². The molecular weight excluding hydrogens is 438 g/mol. The number of aliphatic carboxylic acids is 1. The lowest BCUT2D eigenvalue weighted by atomic mass is 10.1. The number of hydrogen-bond donors (Lipinski definition) is 8. The van der Waals surface area contributed by atoms with E-state index in [1.807, 2.05) is 0 Å². The molecule has 0 aromatic rings. The third-order valence-electron chi connectivity index (χ3n) is 4.47. The lowest BCUT2D eigenvalue weighted by molar-refractivity contribution is -0.138. The zero-order valence-corrected chi connectivity index (χ0v) is 18.9. The normalized spacial score (nSPS) is 14.2. The van der Waals surface area contributed by atoms with Crippen molar-refractivity contribution in [2.45, 2.75) is 70.1 Å². The molecule has 0 heterocycles. The Kier molecular flexibility index (Phi) is 14.0. The molecule has 188 valence electrons. The average molecular weight is 474 g/mol. The molecule has 14 nitrogen and oxygen atoms in total. The van der Waals surface area contributed by atoms with E-state index in [1.54, 1.807) is 0 Å². The molecule has 0 bridgehead atoms. The first-order chi connectivity index (χ1) is 15.4. The summed E-state index contributed by atoms with van der Waals surface area (Å²) in [5.74, 6) is -4.77. The van der Waals surface area contributed by atoms with E-state index in [4.69, 9.17) is 22.3 Å². The fraction of sp³-hybridized carbons (Fsp3) is 0.684. The number of unbranched alkanes of at least 4 members (excludes halogenated alkanes) is 1. The lowest BCUT2D eigenvalue weighted by Crippen LogP contribution is -2.57. The maximum Gasteiger partial charge on any atom is 0.322 e. The minimum absolute atomic E-state index is 0.160. The third-order valence-corrected chi connectivity index (χ3v) is 4.47. The van der Waals surface area contributed by atoms with Crippen LogP contribution in [-0.2, 0) is 28.8 Å². The average Bonchev–Trinajstić information content (AvgIpc) is 2.73. The van der Waals surface area contributed by atoms with Crippen LogP contribution in [0.2, 0.25) is 0 Å². The Hall–Kier alpha value is -3.26. The van der Waals surface area contributed by atoms with Crippen molar-refractivity contribution in [2.75, 3.05) is 13.1 Å². The van der Waals surface area contributed by atoms with E-state index in [0.29, 0.717) is 19.4 Å². The van der Waals surface area contributed by atoms with Crippen molar-refractivity contribution in [2.24, 2.45) is 17.2 Å². The Morgan fingerprint density at radius 1 is 0.818 bits per heavy atom. The standard InChI is InChI=1S/C19H35N7O7/c1-10(21)16(30)25-12(5-3-4-8-20)19(33)26-13(6-7-14(22)27)18(32)24-11(2)17(31)23-9-15(28)29/h10-13H,3-9,20-21H2,1-2H3,(H2,22,27)(H,23,31)(H,24,32)(H,25,30)(H,26,33)(H,28,29). The summed E-state index contributed by atoms with van der Waals surface area (Å²) in [5, 5.41) is 18.1. The number of carboxylic acids is 1. The van der Waals surface area contributed by atoms with Crippen LogP contribution in [-0.4, -0.2) is 77.9 Å². The smallest absolute Gasteiger partial charge is 0.322 e. The Labute approximate surface area is 191 Å². The zero-order chi connectivity index (χ0) is 25.6. The predicted octanol–water partition coefficient (Wildman–Crippen LogP) is -3.60. The molecule has 0 saturated carbocycles. The van der Waals surface area contributed by atoms with Gasteiger partial charge in [-0.05, 0) is 46.1 Å². The van der Waals surface area contributed by atoms with Gasteiger partial charge in [0.05, 0.1) is 6.04 Å². The molecule has 4 unspecified atom stereocenters. The van der Waals surface area contributed by atoms with Crippen LogP contribution in [0.4, 0.5) is 0 Å². The van der Waals surface area contributed by atoms with Gasteiger partial charge in [0.2, 0.25) is 29.5 Å². The number of carbonyl (C=O) groups excluding carboxylic acids is 5. The molecule has 4 atom stereocenters. The number of primary amides is 1. The molecule has 33 heavy (non-hydrogen) atoms. The van der Waals surface area contributed by atoms with Crippen molar-refractivity contribution in [1.82, 2.24) is 21.3 Å². The predicted molar refractivity (Wildman–Crippen MR) is 117 cm³/mol. The number of hydrogen-bond acceptors (Lipinski definition) is 8. The van der Waals surface area contributed by atoms with E-state index < -0.39 is 66.2 Å². The van der Waals surface area contributed by atoms with Gasteiger partial charge < -0.3 is 43.6 Å². The van der Waals surface area contributed by atoms with Gasteiger partial charge in [-0.15, -0.1) is 0 Å². The molecular formula is C19H35N7O7. The molecule has 0 rings (SSSR count). The van der Waals surface area contributed by atoms with Crippen LogP contribution in [0.3, 0.4) is 0 Å². The molecule has 0 aromatic carbocycles. The Morgan fingerprint density at radius 2 is 1.36 bits per heavy atom. The van der Waals surface area contributed by atoms with Crippen molar-refractivity contribution in [3.63, 3.8) is 0 Å². The van der Waals surface area contributed by atoms with E-state index in [9.17, 15) is 28.8 Å². The van der Waals surface area contributed by atoms with Gasteiger partial charge in [0, 0.05) is 6.42 Å². The first kappa shape index (κ1) is 29.7. The second-order valence-electron chi connectivity index (χ2n) is 7.54. The van der Waals surface area contributed by atoms with Crippen LogP contribution in [0.25, 0.3) is 0 Å². The highest BCUT2D eigenvalue weighted by Crippen LogP contribution is 2.05. The number of nitrogens with two attached hydrogens (primary N) is 3. The van der Waals surface area contributed by atoms with Crippen LogP contribution >= 0.6 is 0 Å². The molecule has 11 N–H and O–H groups in total. The molecule has 0 aliphatic heterocycles. The minimum atomic E-state index is -1.26. The van der Waals surface area contributed by atoms with Crippen LogP contribution < -0.4 is 38.5 Å². The van der Waals surface area contributed by atoms with Gasteiger partial charge in [0.15, 0.2) is 0 Å². The van der Waals surface area contributed by atoms with Crippen molar-refractivity contribution >= 4 is 35.5 Å². The molecule has 0 aromatic heterocycles. The summed E-state index contributed by atoms with van der Waals surface area (Å²) in [6, 6.07) is -4.24. The maximum atomic E-state index is 12.8. The second kappa shape index (κ2) is 15.5. The minimum Gasteiger partial charge on any atom is -0.480 e. The quantitative estimate of drug-likeness (QED) is 0.103. The Bertz CT molecular complexity index is 715. The number of amides is 5.